The van der Waals surface area contributed by atoms with E-state index in [1.54, 1.807) is 27.7 Å². The van der Waals surface area contributed by atoms with E-state index in [1.807, 2.05) is 0 Å². The topological polar surface area (TPSA) is 29.3 Å². The zero-order chi connectivity index (χ0) is 11.5. The maximum atomic E-state index is 12.6. The van der Waals surface area contributed by atoms with E-state index in [9.17, 15) is 13.2 Å². The average Bonchev–Trinajstić information content (AvgIpc) is 1.95. The molecule has 2 nitrogen and oxygen atoms in total. The molecule has 0 aromatic heterocycles. The number of rotatable bonds is 4. The third kappa shape index (κ3) is 3.46. The molecule has 5 heteroatoms. The SMILES string of the molecule is CC(C)N(C(C)C)[C@@H](CN)C(F)(F)F. The van der Waals surface area contributed by atoms with Crippen molar-refractivity contribution in [2.45, 2.75) is 52.0 Å². The normalized spacial score (nSPS) is 15.6. The molecule has 0 aliphatic heterocycles. The van der Waals surface area contributed by atoms with E-state index < -0.39 is 12.2 Å². The molecule has 0 aromatic carbocycles. The number of hydrogen-bond acceptors (Lipinski definition) is 2. The van der Waals surface area contributed by atoms with Crippen molar-refractivity contribution in [1.82, 2.24) is 4.90 Å². The lowest BCUT2D eigenvalue weighted by Crippen LogP contribution is -2.55. The predicted octanol–water partition coefficient (Wildman–Crippen LogP) is 1.99. The molecule has 86 valence electrons. The van der Waals surface area contributed by atoms with E-state index in [2.05, 4.69) is 0 Å². The van der Waals surface area contributed by atoms with Crippen molar-refractivity contribution < 1.29 is 13.2 Å². The highest BCUT2D eigenvalue weighted by Gasteiger charge is 2.44. The molecule has 1 atom stereocenters. The molecule has 0 bridgehead atoms. The predicted molar refractivity (Wildman–Crippen MR) is 51.0 cm³/mol. The van der Waals surface area contributed by atoms with Crippen molar-refractivity contribution in [1.29, 1.82) is 0 Å². The van der Waals surface area contributed by atoms with Crippen LogP contribution in [-0.2, 0) is 0 Å². The van der Waals surface area contributed by atoms with Crippen LogP contribution in [0.5, 0.6) is 0 Å². The minimum absolute atomic E-state index is 0.162. The molecule has 0 fully saturated rings. The summed E-state index contributed by atoms with van der Waals surface area (Å²) in [4.78, 5) is 1.39. The standard InChI is InChI=1S/C9H19F3N2/c1-6(2)14(7(3)4)8(5-13)9(10,11)12/h6-8H,5,13H2,1-4H3/t8-/m0/s1. The molecule has 14 heavy (non-hydrogen) atoms. The van der Waals surface area contributed by atoms with E-state index in [0.29, 0.717) is 0 Å². The van der Waals surface area contributed by atoms with Crippen LogP contribution >= 0.6 is 0 Å². The lowest BCUT2D eigenvalue weighted by molar-refractivity contribution is -0.190. The Kier molecular flexibility index (Phi) is 4.88. The highest BCUT2D eigenvalue weighted by molar-refractivity contribution is 4.84. The van der Waals surface area contributed by atoms with Gasteiger partial charge in [0.05, 0.1) is 0 Å². The highest BCUT2D eigenvalue weighted by atomic mass is 19.4. The number of alkyl halides is 3. The van der Waals surface area contributed by atoms with Gasteiger partial charge in [0.2, 0.25) is 0 Å². The first-order valence-corrected chi connectivity index (χ1v) is 4.76. The third-order valence-electron chi connectivity index (χ3n) is 2.15. The molecule has 0 aromatic rings. The lowest BCUT2D eigenvalue weighted by Gasteiger charge is -2.38. The number of nitrogens with zero attached hydrogens (tertiary/aromatic N) is 1. The molecule has 0 heterocycles. The van der Waals surface area contributed by atoms with Gasteiger partial charge in [-0.1, -0.05) is 0 Å². The van der Waals surface area contributed by atoms with Crippen LogP contribution < -0.4 is 5.73 Å². The molecule has 0 radical (unpaired) electrons. The van der Waals surface area contributed by atoms with Gasteiger partial charge in [-0.2, -0.15) is 13.2 Å². The second-order valence-corrected chi connectivity index (χ2v) is 3.93. The molecule has 0 spiro atoms. The Bertz CT molecular complexity index is 158. The maximum absolute atomic E-state index is 12.6. The summed E-state index contributed by atoms with van der Waals surface area (Å²) in [6.45, 7) is 6.59. The van der Waals surface area contributed by atoms with Gasteiger partial charge in [-0.15, -0.1) is 0 Å². The Balaban J connectivity index is 4.77. The summed E-state index contributed by atoms with van der Waals surface area (Å²) in [6.07, 6.45) is -4.25. The fourth-order valence-corrected chi connectivity index (χ4v) is 1.74. The molecule has 0 saturated heterocycles. The summed E-state index contributed by atoms with van der Waals surface area (Å²) in [5.41, 5.74) is 5.17. The number of halogens is 3. The lowest BCUT2D eigenvalue weighted by atomic mass is 10.1. The van der Waals surface area contributed by atoms with E-state index >= 15 is 0 Å². The van der Waals surface area contributed by atoms with Crippen LogP contribution in [0, 0.1) is 0 Å². The third-order valence-corrected chi connectivity index (χ3v) is 2.15. The van der Waals surface area contributed by atoms with Crippen molar-refractivity contribution in [3.63, 3.8) is 0 Å². The van der Waals surface area contributed by atoms with Gasteiger partial charge < -0.3 is 5.73 Å². The Morgan fingerprint density at radius 2 is 1.43 bits per heavy atom. The molecule has 0 aliphatic rings. The smallest absolute Gasteiger partial charge is 0.329 e. The van der Waals surface area contributed by atoms with Gasteiger partial charge >= 0.3 is 6.18 Å². The second-order valence-electron chi connectivity index (χ2n) is 3.93. The second kappa shape index (κ2) is 4.98. The Morgan fingerprint density at radius 1 is 1.07 bits per heavy atom. The first-order chi connectivity index (χ1) is 6.21. The van der Waals surface area contributed by atoms with Gasteiger partial charge in [0.1, 0.15) is 6.04 Å². The molecular formula is C9H19F3N2. The number of nitrogens with two attached hydrogens (primary N) is 1. The largest absolute Gasteiger partial charge is 0.405 e. The van der Waals surface area contributed by atoms with Crippen LogP contribution in [0.2, 0.25) is 0 Å². The van der Waals surface area contributed by atoms with Crippen LogP contribution in [0.1, 0.15) is 27.7 Å². The average molecular weight is 212 g/mol. The molecule has 2 N–H and O–H groups in total. The summed E-state index contributed by atoms with van der Waals surface area (Å²) in [6, 6.07) is -1.86. The van der Waals surface area contributed by atoms with Crippen molar-refractivity contribution in [3.05, 3.63) is 0 Å². The zero-order valence-corrected chi connectivity index (χ0v) is 9.10. The van der Waals surface area contributed by atoms with Crippen LogP contribution in [0.25, 0.3) is 0 Å². The van der Waals surface area contributed by atoms with Crippen molar-refractivity contribution >= 4 is 0 Å². The van der Waals surface area contributed by atoms with Gasteiger partial charge in [-0.25, -0.2) is 0 Å². The van der Waals surface area contributed by atoms with Gasteiger partial charge in [-0.05, 0) is 27.7 Å². The van der Waals surface area contributed by atoms with Gasteiger partial charge in [0.15, 0.2) is 0 Å². The van der Waals surface area contributed by atoms with Crippen LogP contribution in [-0.4, -0.2) is 35.7 Å². The quantitative estimate of drug-likeness (QED) is 0.772. The fourth-order valence-electron chi connectivity index (χ4n) is 1.74. The van der Waals surface area contributed by atoms with E-state index in [-0.39, 0.29) is 18.6 Å². The Labute approximate surface area is 83.3 Å². The first kappa shape index (κ1) is 13.7. The van der Waals surface area contributed by atoms with Crippen LogP contribution in [0.15, 0.2) is 0 Å². The summed E-state index contributed by atoms with van der Waals surface area (Å²) in [5, 5.41) is 0. The van der Waals surface area contributed by atoms with Crippen molar-refractivity contribution in [2.24, 2.45) is 5.73 Å². The first-order valence-electron chi connectivity index (χ1n) is 4.76. The molecule has 0 unspecified atom stereocenters. The molecule has 0 rings (SSSR count). The van der Waals surface area contributed by atoms with E-state index in [4.69, 9.17) is 5.73 Å². The minimum atomic E-state index is -4.25. The maximum Gasteiger partial charge on any atom is 0.405 e. The van der Waals surface area contributed by atoms with Crippen molar-refractivity contribution in [3.8, 4) is 0 Å². The minimum Gasteiger partial charge on any atom is -0.329 e. The zero-order valence-electron chi connectivity index (χ0n) is 9.10. The van der Waals surface area contributed by atoms with E-state index in [0.717, 1.165) is 0 Å². The van der Waals surface area contributed by atoms with E-state index in [1.165, 1.54) is 4.90 Å². The molecule has 0 aliphatic carbocycles. The monoisotopic (exact) mass is 212 g/mol. The fraction of sp³-hybridized carbons (Fsp3) is 1.00. The summed E-state index contributed by atoms with van der Waals surface area (Å²) >= 11 is 0. The summed E-state index contributed by atoms with van der Waals surface area (Å²) in [5.74, 6) is 0. The summed E-state index contributed by atoms with van der Waals surface area (Å²) < 4.78 is 37.7. The molecule has 0 saturated carbocycles. The van der Waals surface area contributed by atoms with Gasteiger partial charge in [0, 0.05) is 18.6 Å². The highest BCUT2D eigenvalue weighted by Crippen LogP contribution is 2.27. The Hall–Kier alpha value is -0.290. The van der Waals surface area contributed by atoms with Crippen LogP contribution in [0.3, 0.4) is 0 Å². The summed E-state index contributed by atoms with van der Waals surface area (Å²) in [7, 11) is 0. The van der Waals surface area contributed by atoms with Crippen LogP contribution in [0.4, 0.5) is 13.2 Å². The van der Waals surface area contributed by atoms with Crippen molar-refractivity contribution in [2.75, 3.05) is 6.54 Å². The molecule has 0 amide bonds. The van der Waals surface area contributed by atoms with Gasteiger partial charge in [-0.3, -0.25) is 4.90 Å². The van der Waals surface area contributed by atoms with Gasteiger partial charge in [0.25, 0.3) is 0 Å². The molecular weight excluding hydrogens is 193 g/mol. The number of hydrogen-bond donors (Lipinski definition) is 1. The Morgan fingerprint density at radius 3 is 1.50 bits per heavy atom.